The number of benzene rings is 1. The van der Waals surface area contributed by atoms with E-state index in [1.807, 2.05) is 6.92 Å². The summed E-state index contributed by atoms with van der Waals surface area (Å²) in [5.41, 5.74) is -1.16. The summed E-state index contributed by atoms with van der Waals surface area (Å²) in [6.07, 6.45) is -1.49. The number of likely N-dealkylation sites (N-methyl/N-ethyl adjacent to an activating group) is 1. The minimum Gasteiger partial charge on any atom is -0.354 e. The van der Waals surface area contributed by atoms with Crippen LogP contribution in [-0.4, -0.2) is 23.9 Å². The van der Waals surface area contributed by atoms with E-state index in [1.54, 1.807) is 13.0 Å². The molecule has 26 heavy (non-hydrogen) atoms. The number of hydrogen-bond acceptors (Lipinski definition) is 2. The number of carbonyl (C=O) groups is 2. The molecule has 1 atom stereocenters. The van der Waals surface area contributed by atoms with Crippen molar-refractivity contribution in [1.29, 1.82) is 0 Å². The third-order valence-corrected chi connectivity index (χ3v) is 4.88. The SMILES string of the molecule is CCNC(=O)C1(NC(=O)C[C@@H](C)c2cccc(C(F)(F)F)c2)CCCC1. The first-order valence-corrected chi connectivity index (χ1v) is 8.94. The van der Waals surface area contributed by atoms with Gasteiger partial charge in [-0.15, -0.1) is 0 Å². The average Bonchev–Trinajstić information content (AvgIpc) is 3.04. The summed E-state index contributed by atoms with van der Waals surface area (Å²) in [4.78, 5) is 24.8. The molecule has 0 spiro atoms. The molecular formula is C19H25F3N2O2. The minimum absolute atomic E-state index is 0.0302. The molecule has 2 rings (SSSR count). The molecule has 0 unspecified atom stereocenters. The predicted molar refractivity (Wildman–Crippen MR) is 92.5 cm³/mol. The maximum absolute atomic E-state index is 12.9. The summed E-state index contributed by atoms with van der Waals surface area (Å²) in [6, 6.07) is 5.02. The van der Waals surface area contributed by atoms with Gasteiger partial charge >= 0.3 is 6.18 Å². The Labute approximate surface area is 151 Å². The van der Waals surface area contributed by atoms with Crippen molar-refractivity contribution in [3.63, 3.8) is 0 Å². The lowest BCUT2D eigenvalue weighted by atomic mass is 9.93. The Balaban J connectivity index is 2.06. The second-order valence-corrected chi connectivity index (χ2v) is 6.93. The van der Waals surface area contributed by atoms with Gasteiger partial charge in [-0.3, -0.25) is 9.59 Å². The highest BCUT2D eigenvalue weighted by Gasteiger charge is 2.42. The van der Waals surface area contributed by atoms with Crippen molar-refractivity contribution in [2.45, 2.75) is 63.6 Å². The van der Waals surface area contributed by atoms with Crippen LogP contribution in [0.5, 0.6) is 0 Å². The zero-order valence-corrected chi connectivity index (χ0v) is 15.1. The molecule has 2 amide bonds. The van der Waals surface area contributed by atoms with E-state index in [0.717, 1.165) is 25.0 Å². The molecule has 1 saturated carbocycles. The highest BCUT2D eigenvalue weighted by molar-refractivity contribution is 5.92. The number of alkyl halides is 3. The Morgan fingerprint density at radius 2 is 1.88 bits per heavy atom. The normalized spacial score (nSPS) is 17.6. The van der Waals surface area contributed by atoms with Crippen LogP contribution in [0.2, 0.25) is 0 Å². The summed E-state index contributed by atoms with van der Waals surface area (Å²) in [6.45, 7) is 4.01. The van der Waals surface area contributed by atoms with E-state index in [0.29, 0.717) is 24.9 Å². The lowest BCUT2D eigenvalue weighted by Gasteiger charge is -2.29. The molecule has 0 radical (unpaired) electrons. The van der Waals surface area contributed by atoms with Gasteiger partial charge in [-0.25, -0.2) is 0 Å². The van der Waals surface area contributed by atoms with Crippen LogP contribution in [-0.2, 0) is 15.8 Å². The molecule has 1 aliphatic rings. The van der Waals surface area contributed by atoms with Crippen LogP contribution >= 0.6 is 0 Å². The molecule has 2 N–H and O–H groups in total. The fourth-order valence-electron chi connectivity index (χ4n) is 3.45. The van der Waals surface area contributed by atoms with Crippen molar-refractivity contribution >= 4 is 11.8 Å². The van der Waals surface area contributed by atoms with E-state index < -0.39 is 17.3 Å². The van der Waals surface area contributed by atoms with Crippen molar-refractivity contribution < 1.29 is 22.8 Å². The second kappa shape index (κ2) is 8.10. The average molecular weight is 370 g/mol. The zero-order valence-electron chi connectivity index (χ0n) is 15.1. The monoisotopic (exact) mass is 370 g/mol. The summed E-state index contributed by atoms with van der Waals surface area (Å²) in [7, 11) is 0. The summed E-state index contributed by atoms with van der Waals surface area (Å²) < 4.78 is 38.6. The summed E-state index contributed by atoms with van der Waals surface area (Å²) in [5.74, 6) is -0.884. The van der Waals surface area contributed by atoms with Gasteiger partial charge < -0.3 is 10.6 Å². The predicted octanol–water partition coefficient (Wildman–Crippen LogP) is 3.76. The van der Waals surface area contributed by atoms with Gasteiger partial charge in [-0.2, -0.15) is 13.2 Å². The van der Waals surface area contributed by atoms with Crippen molar-refractivity contribution in [3.8, 4) is 0 Å². The smallest absolute Gasteiger partial charge is 0.354 e. The Kier molecular flexibility index (Phi) is 6.31. The molecule has 1 fully saturated rings. The Morgan fingerprint density at radius 1 is 1.23 bits per heavy atom. The molecule has 0 aromatic heterocycles. The first-order valence-electron chi connectivity index (χ1n) is 8.94. The molecule has 4 nitrogen and oxygen atoms in total. The Morgan fingerprint density at radius 3 is 2.46 bits per heavy atom. The van der Waals surface area contributed by atoms with Crippen LogP contribution < -0.4 is 10.6 Å². The number of nitrogens with one attached hydrogen (secondary N) is 2. The zero-order chi connectivity index (χ0) is 19.4. The highest BCUT2D eigenvalue weighted by atomic mass is 19.4. The van der Waals surface area contributed by atoms with Gasteiger partial charge in [0.05, 0.1) is 5.56 Å². The Hall–Kier alpha value is -2.05. The fourth-order valence-corrected chi connectivity index (χ4v) is 3.45. The molecule has 0 heterocycles. The molecule has 0 saturated heterocycles. The van der Waals surface area contributed by atoms with Gasteiger partial charge in [0, 0.05) is 13.0 Å². The van der Waals surface area contributed by atoms with Crippen LogP contribution in [0.4, 0.5) is 13.2 Å². The van der Waals surface area contributed by atoms with E-state index in [-0.39, 0.29) is 24.2 Å². The fraction of sp³-hybridized carbons (Fsp3) is 0.579. The number of halogens is 3. The largest absolute Gasteiger partial charge is 0.416 e. The third-order valence-electron chi connectivity index (χ3n) is 4.88. The quantitative estimate of drug-likeness (QED) is 0.801. The van der Waals surface area contributed by atoms with Gasteiger partial charge in [0.25, 0.3) is 0 Å². The molecule has 1 aromatic rings. The van der Waals surface area contributed by atoms with Crippen molar-refractivity contribution in [2.24, 2.45) is 0 Å². The first kappa shape index (κ1) is 20.3. The van der Waals surface area contributed by atoms with Gasteiger partial charge in [-0.1, -0.05) is 38.0 Å². The van der Waals surface area contributed by atoms with Crippen molar-refractivity contribution in [1.82, 2.24) is 10.6 Å². The van der Waals surface area contributed by atoms with E-state index in [9.17, 15) is 22.8 Å². The third kappa shape index (κ3) is 4.77. The van der Waals surface area contributed by atoms with Gasteiger partial charge in [0.1, 0.15) is 5.54 Å². The lowest BCUT2D eigenvalue weighted by Crippen LogP contribution is -2.57. The number of rotatable bonds is 6. The van der Waals surface area contributed by atoms with Crippen molar-refractivity contribution in [2.75, 3.05) is 6.54 Å². The minimum atomic E-state index is -4.41. The van der Waals surface area contributed by atoms with Gasteiger partial charge in [0.15, 0.2) is 0 Å². The summed E-state index contributed by atoms with van der Waals surface area (Å²) in [5, 5.41) is 5.61. The first-order chi connectivity index (χ1) is 12.2. The number of amides is 2. The maximum atomic E-state index is 12.9. The van der Waals surface area contributed by atoms with Crippen LogP contribution in [0, 0.1) is 0 Å². The molecular weight excluding hydrogens is 345 g/mol. The molecule has 144 valence electrons. The van der Waals surface area contributed by atoms with Crippen LogP contribution in [0.15, 0.2) is 24.3 Å². The molecule has 0 bridgehead atoms. The Bertz CT molecular complexity index is 652. The van der Waals surface area contributed by atoms with E-state index in [2.05, 4.69) is 10.6 Å². The molecule has 1 aromatic carbocycles. The highest BCUT2D eigenvalue weighted by Crippen LogP contribution is 2.33. The summed E-state index contributed by atoms with van der Waals surface area (Å²) >= 11 is 0. The topological polar surface area (TPSA) is 58.2 Å². The van der Waals surface area contributed by atoms with Crippen LogP contribution in [0.1, 0.15) is 63.0 Å². The van der Waals surface area contributed by atoms with Crippen molar-refractivity contribution in [3.05, 3.63) is 35.4 Å². The van der Waals surface area contributed by atoms with Gasteiger partial charge in [-0.05, 0) is 37.3 Å². The van der Waals surface area contributed by atoms with Gasteiger partial charge in [0.2, 0.25) is 11.8 Å². The van der Waals surface area contributed by atoms with E-state index in [1.165, 1.54) is 6.07 Å². The van der Waals surface area contributed by atoms with E-state index in [4.69, 9.17) is 0 Å². The number of carbonyl (C=O) groups excluding carboxylic acids is 2. The van der Waals surface area contributed by atoms with Crippen LogP contribution in [0.3, 0.4) is 0 Å². The molecule has 7 heteroatoms. The van der Waals surface area contributed by atoms with Crippen LogP contribution in [0.25, 0.3) is 0 Å². The standard InChI is InChI=1S/C19H25F3N2O2/c1-3-23-17(26)18(9-4-5-10-18)24-16(25)11-13(2)14-7-6-8-15(12-14)19(20,21)22/h6-8,12-13H,3-5,9-11H2,1-2H3,(H,23,26)(H,24,25)/t13-/m1/s1. The molecule has 1 aliphatic carbocycles. The lowest BCUT2D eigenvalue weighted by molar-refractivity contribution is -0.137. The second-order valence-electron chi connectivity index (χ2n) is 6.93. The number of hydrogen-bond donors (Lipinski definition) is 2. The van der Waals surface area contributed by atoms with E-state index >= 15 is 0 Å². The molecule has 0 aliphatic heterocycles. The maximum Gasteiger partial charge on any atom is 0.416 e.